The minimum absolute atomic E-state index is 0.0305. The zero-order valence-corrected chi connectivity index (χ0v) is 16.6. The summed E-state index contributed by atoms with van der Waals surface area (Å²) in [7, 11) is 0. The molecule has 4 rings (SSSR count). The van der Waals surface area contributed by atoms with Crippen LogP contribution >= 0.6 is 0 Å². The number of halogens is 1. The number of aliphatic imine (C=N–C) groups is 1. The van der Waals surface area contributed by atoms with Gasteiger partial charge in [-0.15, -0.1) is 0 Å². The van der Waals surface area contributed by atoms with Crippen molar-refractivity contribution < 1.29 is 19.1 Å². The smallest absolute Gasteiger partial charge is 0.336 e. The molecule has 1 N–H and O–H groups in total. The molecule has 0 spiro atoms. The van der Waals surface area contributed by atoms with Crippen LogP contribution in [0.4, 0.5) is 10.1 Å². The number of aliphatic carboxylic acids is 1. The van der Waals surface area contributed by atoms with E-state index in [9.17, 15) is 19.1 Å². The molecule has 1 aliphatic heterocycles. The largest absolute Gasteiger partial charge is 0.478 e. The Labute approximate surface area is 179 Å². The van der Waals surface area contributed by atoms with Gasteiger partial charge in [0.2, 0.25) is 0 Å². The maximum absolute atomic E-state index is 13.3. The van der Waals surface area contributed by atoms with E-state index < -0.39 is 5.97 Å². The van der Waals surface area contributed by atoms with Crippen LogP contribution in [-0.4, -0.2) is 34.6 Å². The Bertz CT molecular complexity index is 1210. The SMILES string of the molecule is O=C1C=C(C#CCc2cccc(F)c2)C(C(=O)O)=C(CN2C=Nc3ccccc3C2)C1. The molecule has 5 nitrogen and oxygen atoms in total. The summed E-state index contributed by atoms with van der Waals surface area (Å²) in [6.07, 6.45) is 3.24. The lowest BCUT2D eigenvalue weighted by Gasteiger charge is -2.27. The Morgan fingerprint density at radius 3 is 2.84 bits per heavy atom. The average Bonchev–Trinajstić information content (AvgIpc) is 2.73. The molecular weight excluding hydrogens is 395 g/mol. The molecule has 0 bridgehead atoms. The van der Waals surface area contributed by atoms with Gasteiger partial charge in [-0.05, 0) is 41.0 Å². The van der Waals surface area contributed by atoms with Gasteiger partial charge in [0.25, 0.3) is 0 Å². The number of ketones is 1. The highest BCUT2D eigenvalue weighted by Crippen LogP contribution is 2.28. The van der Waals surface area contributed by atoms with Crippen molar-refractivity contribution in [3.8, 4) is 11.8 Å². The highest BCUT2D eigenvalue weighted by molar-refractivity contribution is 6.04. The second kappa shape index (κ2) is 8.80. The fourth-order valence-electron chi connectivity index (χ4n) is 3.68. The molecule has 154 valence electrons. The molecule has 6 heteroatoms. The van der Waals surface area contributed by atoms with Crippen molar-refractivity contribution in [2.45, 2.75) is 19.4 Å². The predicted molar refractivity (Wildman–Crippen MR) is 115 cm³/mol. The van der Waals surface area contributed by atoms with Gasteiger partial charge in [-0.25, -0.2) is 14.2 Å². The first-order valence-electron chi connectivity index (χ1n) is 9.79. The maximum atomic E-state index is 13.3. The molecule has 0 aromatic heterocycles. The third-order valence-electron chi connectivity index (χ3n) is 5.05. The van der Waals surface area contributed by atoms with E-state index in [1.165, 1.54) is 18.2 Å². The fraction of sp³-hybridized carbons (Fsp3) is 0.160. The van der Waals surface area contributed by atoms with Crippen LogP contribution in [0.1, 0.15) is 17.5 Å². The van der Waals surface area contributed by atoms with Crippen molar-refractivity contribution in [3.05, 3.63) is 88.3 Å². The Morgan fingerprint density at radius 2 is 2.03 bits per heavy atom. The number of fused-ring (bicyclic) bond motifs is 1. The number of para-hydroxylation sites is 1. The van der Waals surface area contributed by atoms with Crippen molar-refractivity contribution in [1.82, 2.24) is 4.90 Å². The van der Waals surface area contributed by atoms with E-state index in [4.69, 9.17) is 0 Å². The third-order valence-corrected chi connectivity index (χ3v) is 5.05. The first-order chi connectivity index (χ1) is 15.0. The van der Waals surface area contributed by atoms with Crippen LogP contribution in [0.5, 0.6) is 0 Å². The Morgan fingerprint density at radius 1 is 1.19 bits per heavy atom. The van der Waals surface area contributed by atoms with Crippen molar-refractivity contribution in [1.29, 1.82) is 0 Å². The fourth-order valence-corrected chi connectivity index (χ4v) is 3.68. The normalized spacial score (nSPS) is 15.2. The van der Waals surface area contributed by atoms with E-state index in [-0.39, 0.29) is 42.1 Å². The number of nitrogens with zero attached hydrogens (tertiary/aromatic N) is 2. The number of hydrogen-bond acceptors (Lipinski definition) is 4. The van der Waals surface area contributed by atoms with Gasteiger partial charge in [-0.2, -0.15) is 0 Å². The first kappa shape index (κ1) is 20.3. The Balaban J connectivity index is 1.58. The van der Waals surface area contributed by atoms with E-state index >= 15 is 0 Å². The zero-order chi connectivity index (χ0) is 21.8. The van der Waals surface area contributed by atoms with E-state index in [0.717, 1.165) is 11.3 Å². The lowest BCUT2D eigenvalue weighted by molar-refractivity contribution is -0.132. The number of carboxylic acid groups (broad SMARTS) is 1. The van der Waals surface area contributed by atoms with Crippen LogP contribution < -0.4 is 0 Å². The van der Waals surface area contributed by atoms with E-state index in [2.05, 4.69) is 16.8 Å². The summed E-state index contributed by atoms with van der Waals surface area (Å²) in [5, 5.41) is 9.83. The summed E-state index contributed by atoms with van der Waals surface area (Å²) in [4.78, 5) is 30.6. The minimum Gasteiger partial charge on any atom is -0.478 e. The van der Waals surface area contributed by atoms with Crippen molar-refractivity contribution in [3.63, 3.8) is 0 Å². The number of benzene rings is 2. The second-order valence-corrected chi connectivity index (χ2v) is 7.37. The molecule has 0 amide bonds. The van der Waals surface area contributed by atoms with Crippen molar-refractivity contribution >= 4 is 23.8 Å². The maximum Gasteiger partial charge on any atom is 0.336 e. The number of allylic oxidation sites excluding steroid dienone is 1. The van der Waals surface area contributed by atoms with Gasteiger partial charge in [0, 0.05) is 31.5 Å². The molecule has 1 aliphatic carbocycles. The molecule has 0 atom stereocenters. The second-order valence-electron chi connectivity index (χ2n) is 7.37. The van der Waals surface area contributed by atoms with Gasteiger partial charge in [0.15, 0.2) is 5.78 Å². The van der Waals surface area contributed by atoms with Gasteiger partial charge < -0.3 is 10.0 Å². The van der Waals surface area contributed by atoms with Crippen LogP contribution in [0.25, 0.3) is 0 Å². The standard InChI is InChI=1S/C25H19FN2O3/c26-21-9-4-6-17(11-21)5-3-8-18-12-22(29)13-20(24(18)25(30)31)15-28-14-19-7-1-2-10-23(19)27-16-28/h1-2,4,6-7,9-12,16H,5,13-15H2,(H,30,31). The number of hydrogen-bond donors (Lipinski definition) is 1. The van der Waals surface area contributed by atoms with E-state index in [0.29, 0.717) is 17.7 Å². The van der Waals surface area contributed by atoms with E-state index in [1.54, 1.807) is 18.5 Å². The summed E-state index contributed by atoms with van der Waals surface area (Å²) < 4.78 is 13.3. The van der Waals surface area contributed by atoms with Gasteiger partial charge in [0.1, 0.15) is 5.82 Å². The van der Waals surface area contributed by atoms with Crippen LogP contribution in [-0.2, 0) is 22.6 Å². The highest BCUT2D eigenvalue weighted by Gasteiger charge is 2.26. The monoisotopic (exact) mass is 414 g/mol. The summed E-state index contributed by atoms with van der Waals surface area (Å²) in [5.74, 6) is 4.01. The molecule has 1 heterocycles. The molecule has 0 radical (unpaired) electrons. The van der Waals surface area contributed by atoms with Gasteiger partial charge >= 0.3 is 5.97 Å². The summed E-state index contributed by atoms with van der Waals surface area (Å²) >= 11 is 0. The average molecular weight is 414 g/mol. The molecule has 0 saturated carbocycles. The molecule has 0 saturated heterocycles. The van der Waals surface area contributed by atoms with Crippen LogP contribution in [0, 0.1) is 17.7 Å². The highest BCUT2D eigenvalue weighted by atomic mass is 19.1. The summed E-state index contributed by atoms with van der Waals surface area (Å²) in [6.45, 7) is 0.850. The van der Waals surface area contributed by atoms with Crippen LogP contribution in [0.3, 0.4) is 0 Å². The van der Waals surface area contributed by atoms with Crippen molar-refractivity contribution in [2.24, 2.45) is 4.99 Å². The number of carbonyl (C=O) groups excluding carboxylic acids is 1. The first-order valence-corrected chi connectivity index (χ1v) is 9.79. The van der Waals surface area contributed by atoms with Gasteiger partial charge in [0.05, 0.1) is 17.6 Å². The molecule has 0 fully saturated rings. The van der Waals surface area contributed by atoms with Crippen molar-refractivity contribution in [2.75, 3.05) is 6.54 Å². The molecular formula is C25H19FN2O3. The zero-order valence-electron chi connectivity index (χ0n) is 16.6. The van der Waals surface area contributed by atoms with Gasteiger partial charge in [-0.3, -0.25) is 4.79 Å². The Kier molecular flexibility index (Phi) is 5.76. The minimum atomic E-state index is -1.12. The summed E-state index contributed by atoms with van der Waals surface area (Å²) in [5.41, 5.74) is 3.34. The van der Waals surface area contributed by atoms with Crippen LogP contribution in [0.15, 0.2) is 76.3 Å². The van der Waals surface area contributed by atoms with Gasteiger partial charge in [-0.1, -0.05) is 42.2 Å². The molecule has 0 unspecified atom stereocenters. The molecule has 31 heavy (non-hydrogen) atoms. The predicted octanol–water partition coefficient (Wildman–Crippen LogP) is 3.83. The van der Waals surface area contributed by atoms with Crippen LogP contribution in [0.2, 0.25) is 0 Å². The Hall–Kier alpha value is -3.98. The number of rotatable bonds is 4. The van der Waals surface area contributed by atoms with E-state index in [1.807, 2.05) is 29.2 Å². The number of carbonyl (C=O) groups is 2. The third kappa shape index (κ3) is 4.78. The lowest BCUT2D eigenvalue weighted by Crippen LogP contribution is -2.29. The summed E-state index contributed by atoms with van der Waals surface area (Å²) in [6, 6.07) is 13.8. The topological polar surface area (TPSA) is 70.0 Å². The lowest BCUT2D eigenvalue weighted by atomic mass is 9.89. The molecule has 2 aromatic rings. The molecule has 2 aromatic carbocycles. The number of carboxylic acids is 1. The molecule has 2 aliphatic rings. The quantitative estimate of drug-likeness (QED) is 0.772.